The van der Waals surface area contributed by atoms with Crippen molar-refractivity contribution in [1.29, 1.82) is 0 Å². The number of hydrogen-bond acceptors (Lipinski definition) is 4. The maximum absolute atomic E-state index is 10.9. The summed E-state index contributed by atoms with van der Waals surface area (Å²) in [6.45, 7) is 3.13. The molecule has 0 saturated carbocycles. The number of rotatable bonds is 3. The second kappa shape index (κ2) is 4.39. The summed E-state index contributed by atoms with van der Waals surface area (Å²) in [5.41, 5.74) is 1.33. The Morgan fingerprint density at radius 2 is 1.75 bits per heavy atom. The molecule has 0 fully saturated rings. The van der Waals surface area contributed by atoms with E-state index >= 15 is 0 Å². The molecule has 0 amide bonds. The van der Waals surface area contributed by atoms with E-state index in [-0.39, 0.29) is 11.4 Å². The van der Waals surface area contributed by atoms with Crippen molar-refractivity contribution in [1.82, 2.24) is 0 Å². The van der Waals surface area contributed by atoms with Gasteiger partial charge in [-0.25, -0.2) is 8.42 Å². The number of hydrogen-bond donors (Lipinski definition) is 0. The second-order valence-corrected chi connectivity index (χ2v) is 6.30. The molecule has 16 heavy (non-hydrogen) atoms. The van der Waals surface area contributed by atoms with Gasteiger partial charge in [0.05, 0.1) is 10.7 Å². The lowest BCUT2D eigenvalue weighted by atomic mass is 10.1. The summed E-state index contributed by atoms with van der Waals surface area (Å²) < 4.78 is 21.7. The molecule has 0 saturated heterocycles. The number of halogens is 1. The highest BCUT2D eigenvalue weighted by Gasteiger charge is 2.17. The summed E-state index contributed by atoms with van der Waals surface area (Å²) in [5, 5.41) is 10.7. The predicted octanol–water partition coefficient (Wildman–Crippen LogP) is 2.28. The van der Waals surface area contributed by atoms with Crippen LogP contribution in [0.25, 0.3) is 0 Å². The summed E-state index contributed by atoms with van der Waals surface area (Å²) in [5.74, 6) is -0.325. The lowest BCUT2D eigenvalue weighted by Gasteiger charge is -2.04. The van der Waals surface area contributed by atoms with Crippen molar-refractivity contribution in [3.8, 4) is 0 Å². The van der Waals surface area contributed by atoms with Crippen molar-refractivity contribution < 1.29 is 13.3 Å². The maximum Gasteiger partial charge on any atom is 0.275 e. The Kier molecular flexibility index (Phi) is 3.54. The third kappa shape index (κ3) is 3.18. The minimum atomic E-state index is -3.64. The highest BCUT2D eigenvalue weighted by atomic mass is 35.7. The highest BCUT2D eigenvalue weighted by Crippen LogP contribution is 2.25. The summed E-state index contributed by atoms with van der Waals surface area (Å²) in [4.78, 5) is 10.2. The fourth-order valence-corrected chi connectivity index (χ4v) is 2.56. The Bertz CT molecular complexity index is 515. The van der Waals surface area contributed by atoms with Gasteiger partial charge in [-0.3, -0.25) is 10.1 Å². The van der Waals surface area contributed by atoms with Crippen LogP contribution in [0.15, 0.2) is 12.1 Å². The topological polar surface area (TPSA) is 77.3 Å². The van der Waals surface area contributed by atoms with Crippen LogP contribution >= 0.6 is 10.7 Å². The normalized spacial score (nSPS) is 11.4. The van der Waals surface area contributed by atoms with Gasteiger partial charge in [0.25, 0.3) is 5.69 Å². The van der Waals surface area contributed by atoms with E-state index < -0.39 is 14.0 Å². The molecule has 7 heteroatoms. The van der Waals surface area contributed by atoms with E-state index in [0.29, 0.717) is 16.7 Å². The molecule has 0 radical (unpaired) electrons. The Morgan fingerprint density at radius 3 is 2.06 bits per heavy atom. The van der Waals surface area contributed by atoms with Crippen molar-refractivity contribution >= 4 is 25.4 Å². The number of nitro groups is 1. The predicted molar refractivity (Wildman–Crippen MR) is 61.0 cm³/mol. The Balaban J connectivity index is 3.25. The SMILES string of the molecule is Cc1cc(CS(=O)(=O)Cl)cc(C)c1[N+](=O)[O-]. The van der Waals surface area contributed by atoms with Gasteiger partial charge in [0.1, 0.15) is 0 Å². The van der Waals surface area contributed by atoms with Gasteiger partial charge in [-0.1, -0.05) is 0 Å². The van der Waals surface area contributed by atoms with Crippen LogP contribution in [0.5, 0.6) is 0 Å². The maximum atomic E-state index is 10.9. The van der Waals surface area contributed by atoms with E-state index in [1.54, 1.807) is 13.8 Å². The molecular weight excluding hydrogens is 254 g/mol. The minimum absolute atomic E-state index is 0.00993. The van der Waals surface area contributed by atoms with Crippen molar-refractivity contribution in [2.75, 3.05) is 0 Å². The Hall–Kier alpha value is -1.14. The van der Waals surface area contributed by atoms with Crippen molar-refractivity contribution in [3.63, 3.8) is 0 Å². The minimum Gasteiger partial charge on any atom is -0.258 e. The van der Waals surface area contributed by atoms with Crippen molar-refractivity contribution in [2.24, 2.45) is 0 Å². The molecule has 88 valence electrons. The van der Waals surface area contributed by atoms with Crippen LogP contribution in [-0.2, 0) is 14.8 Å². The molecule has 0 unspecified atom stereocenters. The molecular formula is C9H10ClNO4S. The van der Waals surface area contributed by atoms with E-state index in [1.165, 1.54) is 12.1 Å². The van der Waals surface area contributed by atoms with E-state index in [0.717, 1.165) is 0 Å². The van der Waals surface area contributed by atoms with Gasteiger partial charge >= 0.3 is 0 Å². The first-order chi connectivity index (χ1) is 7.20. The summed E-state index contributed by atoms with van der Waals surface area (Å²) >= 11 is 0. The van der Waals surface area contributed by atoms with Gasteiger partial charge in [0, 0.05) is 21.8 Å². The van der Waals surface area contributed by atoms with Gasteiger partial charge in [0.2, 0.25) is 9.05 Å². The average Bonchev–Trinajstić information content (AvgIpc) is 1.96. The molecule has 0 aliphatic carbocycles. The largest absolute Gasteiger partial charge is 0.275 e. The van der Waals surface area contributed by atoms with Crippen LogP contribution in [0, 0.1) is 24.0 Å². The molecule has 1 aromatic rings. The number of aryl methyl sites for hydroxylation is 2. The molecule has 0 aliphatic rings. The summed E-state index contributed by atoms with van der Waals surface area (Å²) in [6, 6.07) is 2.93. The molecule has 0 heterocycles. The van der Waals surface area contributed by atoms with Crippen LogP contribution in [0.4, 0.5) is 5.69 Å². The third-order valence-electron chi connectivity index (χ3n) is 2.07. The van der Waals surface area contributed by atoms with Crippen LogP contribution in [0.1, 0.15) is 16.7 Å². The van der Waals surface area contributed by atoms with Gasteiger partial charge < -0.3 is 0 Å². The molecule has 0 aliphatic heterocycles. The molecule has 5 nitrogen and oxygen atoms in total. The standard InChI is InChI=1S/C9H10ClNO4S/c1-6-3-8(5-16(10,14)15)4-7(2)9(6)11(12)13/h3-4H,5H2,1-2H3. The average molecular weight is 264 g/mol. The lowest BCUT2D eigenvalue weighted by Crippen LogP contribution is -2.00. The van der Waals surface area contributed by atoms with Gasteiger partial charge in [-0.05, 0) is 31.5 Å². The first kappa shape index (κ1) is 12.9. The first-order valence-electron chi connectivity index (χ1n) is 4.37. The fourth-order valence-electron chi connectivity index (χ4n) is 1.62. The Morgan fingerprint density at radius 1 is 1.31 bits per heavy atom. The molecule has 0 aromatic heterocycles. The molecule has 0 atom stereocenters. The van der Waals surface area contributed by atoms with E-state index in [1.807, 2.05) is 0 Å². The summed E-state index contributed by atoms with van der Waals surface area (Å²) in [6.07, 6.45) is 0. The van der Waals surface area contributed by atoms with Gasteiger partial charge in [-0.15, -0.1) is 0 Å². The molecule has 0 bridgehead atoms. The van der Waals surface area contributed by atoms with Crippen LogP contribution in [-0.4, -0.2) is 13.3 Å². The smallest absolute Gasteiger partial charge is 0.258 e. The van der Waals surface area contributed by atoms with E-state index in [9.17, 15) is 18.5 Å². The molecule has 0 N–H and O–H groups in total. The molecule has 0 spiro atoms. The van der Waals surface area contributed by atoms with Crippen LogP contribution in [0.3, 0.4) is 0 Å². The fraction of sp³-hybridized carbons (Fsp3) is 0.333. The number of nitro benzene ring substituents is 1. The number of nitrogens with zero attached hydrogens (tertiary/aromatic N) is 1. The zero-order valence-corrected chi connectivity index (χ0v) is 10.3. The molecule has 1 aromatic carbocycles. The van der Waals surface area contributed by atoms with Crippen LogP contribution in [0.2, 0.25) is 0 Å². The lowest BCUT2D eigenvalue weighted by molar-refractivity contribution is -0.386. The zero-order valence-electron chi connectivity index (χ0n) is 8.73. The second-order valence-electron chi connectivity index (χ2n) is 3.52. The zero-order chi connectivity index (χ0) is 12.5. The molecule has 1 rings (SSSR count). The van der Waals surface area contributed by atoms with E-state index in [2.05, 4.69) is 0 Å². The van der Waals surface area contributed by atoms with Crippen molar-refractivity contribution in [3.05, 3.63) is 38.9 Å². The van der Waals surface area contributed by atoms with E-state index in [4.69, 9.17) is 10.7 Å². The third-order valence-corrected chi connectivity index (χ3v) is 3.08. The van der Waals surface area contributed by atoms with Crippen molar-refractivity contribution in [2.45, 2.75) is 19.6 Å². The van der Waals surface area contributed by atoms with Gasteiger partial charge in [-0.2, -0.15) is 0 Å². The first-order valence-corrected chi connectivity index (χ1v) is 6.85. The highest BCUT2D eigenvalue weighted by molar-refractivity contribution is 8.13. The van der Waals surface area contributed by atoms with Gasteiger partial charge in [0.15, 0.2) is 0 Å². The number of benzene rings is 1. The quantitative estimate of drug-likeness (QED) is 0.476. The Labute approximate surface area is 97.6 Å². The monoisotopic (exact) mass is 263 g/mol. The van der Waals surface area contributed by atoms with Crippen LogP contribution < -0.4 is 0 Å². The summed E-state index contributed by atoms with van der Waals surface area (Å²) in [7, 11) is 1.47.